The predicted molar refractivity (Wildman–Crippen MR) is 36.3 cm³/mol. The molecule has 0 amide bonds. The average molecular weight is 143 g/mol. The smallest absolute Gasteiger partial charge is 0.178 e. The van der Waals surface area contributed by atoms with Gasteiger partial charge in [0.05, 0.1) is 6.04 Å². The first kappa shape index (κ1) is 6.58. The quantitative estimate of drug-likeness (QED) is 0.404. The first-order chi connectivity index (χ1) is 4.68. The van der Waals surface area contributed by atoms with Crippen molar-refractivity contribution >= 4 is 0 Å². The minimum absolute atomic E-state index is 0.0637. The minimum Gasteiger partial charge on any atom is -0.364 e. The summed E-state index contributed by atoms with van der Waals surface area (Å²) in [7, 11) is 0. The Morgan fingerprint density at radius 1 is 1.20 bits per heavy atom. The number of hydrogen-bond donors (Lipinski definition) is 3. The molecule has 2 atom stereocenters. The third-order valence-electron chi connectivity index (χ3n) is 2.66. The van der Waals surface area contributed by atoms with Gasteiger partial charge in [-0.1, -0.05) is 0 Å². The monoisotopic (exact) mass is 143 g/mol. The van der Waals surface area contributed by atoms with Gasteiger partial charge in [0, 0.05) is 12.5 Å². The van der Waals surface area contributed by atoms with E-state index in [4.69, 9.17) is 0 Å². The highest BCUT2D eigenvalue weighted by atomic mass is 16.5. The SMILES string of the molecule is OC1(O)CCC2CCC1N2. The van der Waals surface area contributed by atoms with Crippen LogP contribution in [0.25, 0.3) is 0 Å². The van der Waals surface area contributed by atoms with E-state index in [0.29, 0.717) is 12.5 Å². The fourth-order valence-corrected chi connectivity index (χ4v) is 1.97. The predicted octanol–water partition coefficient (Wildman–Crippen LogP) is -0.418. The van der Waals surface area contributed by atoms with E-state index in [1.807, 2.05) is 0 Å². The van der Waals surface area contributed by atoms with Crippen molar-refractivity contribution in [1.29, 1.82) is 0 Å². The fraction of sp³-hybridized carbons (Fsp3) is 1.00. The van der Waals surface area contributed by atoms with E-state index >= 15 is 0 Å². The van der Waals surface area contributed by atoms with Gasteiger partial charge in [0.25, 0.3) is 0 Å². The Morgan fingerprint density at radius 2 is 2.00 bits per heavy atom. The molecule has 0 aromatic rings. The number of fused-ring (bicyclic) bond motifs is 2. The van der Waals surface area contributed by atoms with Crippen LogP contribution < -0.4 is 5.32 Å². The van der Waals surface area contributed by atoms with Crippen LogP contribution in [0.4, 0.5) is 0 Å². The van der Waals surface area contributed by atoms with Crippen molar-refractivity contribution in [2.24, 2.45) is 0 Å². The molecule has 3 nitrogen and oxygen atoms in total. The van der Waals surface area contributed by atoms with Crippen molar-refractivity contribution in [2.45, 2.75) is 43.6 Å². The Kier molecular flexibility index (Phi) is 1.27. The number of aliphatic hydroxyl groups is 2. The molecule has 58 valence electrons. The summed E-state index contributed by atoms with van der Waals surface area (Å²) in [5.74, 6) is -1.42. The molecule has 2 heterocycles. The van der Waals surface area contributed by atoms with E-state index in [-0.39, 0.29) is 6.04 Å². The van der Waals surface area contributed by atoms with Gasteiger partial charge in [-0.2, -0.15) is 0 Å². The highest BCUT2D eigenvalue weighted by Gasteiger charge is 2.43. The normalized spacial score (nSPS) is 43.8. The van der Waals surface area contributed by atoms with Crippen LogP contribution in [0, 0.1) is 0 Å². The molecule has 3 heteroatoms. The summed E-state index contributed by atoms with van der Waals surface area (Å²) in [6.45, 7) is 0. The molecule has 2 aliphatic heterocycles. The third kappa shape index (κ3) is 0.856. The van der Waals surface area contributed by atoms with Crippen LogP contribution >= 0.6 is 0 Å². The second kappa shape index (κ2) is 1.94. The lowest BCUT2D eigenvalue weighted by Gasteiger charge is -2.33. The minimum atomic E-state index is -1.42. The van der Waals surface area contributed by atoms with Gasteiger partial charge >= 0.3 is 0 Å². The van der Waals surface area contributed by atoms with E-state index in [9.17, 15) is 10.2 Å². The molecule has 10 heavy (non-hydrogen) atoms. The molecule has 2 unspecified atom stereocenters. The molecule has 0 aromatic carbocycles. The summed E-state index contributed by atoms with van der Waals surface area (Å²) in [5.41, 5.74) is 0. The van der Waals surface area contributed by atoms with Crippen molar-refractivity contribution in [3.8, 4) is 0 Å². The largest absolute Gasteiger partial charge is 0.364 e. The molecule has 0 aromatic heterocycles. The lowest BCUT2D eigenvalue weighted by Crippen LogP contribution is -2.53. The molecule has 2 aliphatic rings. The lowest BCUT2D eigenvalue weighted by molar-refractivity contribution is -0.194. The van der Waals surface area contributed by atoms with E-state index < -0.39 is 5.79 Å². The Bertz CT molecular complexity index is 147. The second-order valence-corrected chi connectivity index (χ2v) is 3.41. The summed E-state index contributed by atoms with van der Waals surface area (Å²) < 4.78 is 0. The van der Waals surface area contributed by atoms with Crippen molar-refractivity contribution in [2.75, 3.05) is 0 Å². The summed E-state index contributed by atoms with van der Waals surface area (Å²) in [4.78, 5) is 0. The topological polar surface area (TPSA) is 52.5 Å². The van der Waals surface area contributed by atoms with Crippen LogP contribution in [0.5, 0.6) is 0 Å². The Labute approximate surface area is 60.1 Å². The van der Waals surface area contributed by atoms with Gasteiger partial charge in [0.15, 0.2) is 5.79 Å². The maximum Gasteiger partial charge on any atom is 0.178 e. The molecular weight excluding hydrogens is 130 g/mol. The van der Waals surface area contributed by atoms with Crippen molar-refractivity contribution < 1.29 is 10.2 Å². The molecule has 0 aliphatic carbocycles. The zero-order chi connectivity index (χ0) is 7.19. The summed E-state index contributed by atoms with van der Waals surface area (Å²) in [6, 6.07) is 0.490. The molecule has 3 N–H and O–H groups in total. The van der Waals surface area contributed by atoms with Crippen LogP contribution in [0.1, 0.15) is 25.7 Å². The van der Waals surface area contributed by atoms with Gasteiger partial charge in [-0.05, 0) is 19.3 Å². The van der Waals surface area contributed by atoms with E-state index in [1.165, 1.54) is 0 Å². The van der Waals surface area contributed by atoms with Crippen molar-refractivity contribution in [1.82, 2.24) is 5.32 Å². The fourth-order valence-electron chi connectivity index (χ4n) is 1.97. The van der Waals surface area contributed by atoms with Gasteiger partial charge in [-0.15, -0.1) is 0 Å². The van der Waals surface area contributed by atoms with Gasteiger partial charge in [0.2, 0.25) is 0 Å². The van der Waals surface area contributed by atoms with Gasteiger partial charge in [-0.3, -0.25) is 0 Å². The maximum absolute atomic E-state index is 9.35. The van der Waals surface area contributed by atoms with Gasteiger partial charge in [0.1, 0.15) is 0 Å². The Hall–Kier alpha value is -0.120. The van der Waals surface area contributed by atoms with Crippen LogP contribution in [0.3, 0.4) is 0 Å². The molecule has 0 radical (unpaired) electrons. The zero-order valence-corrected chi connectivity index (χ0v) is 5.88. The first-order valence-electron chi connectivity index (χ1n) is 3.89. The highest BCUT2D eigenvalue weighted by molar-refractivity contribution is 4.97. The standard InChI is InChI=1S/C7H13NO2/c9-7(10)4-3-5-1-2-6(7)8-5/h5-6,8-10H,1-4H2. The molecule has 2 fully saturated rings. The van der Waals surface area contributed by atoms with Gasteiger partial charge in [-0.25, -0.2) is 0 Å². The van der Waals surface area contributed by atoms with Crippen LogP contribution in [-0.4, -0.2) is 28.1 Å². The number of piperidine rings is 1. The highest BCUT2D eigenvalue weighted by Crippen LogP contribution is 2.32. The zero-order valence-electron chi connectivity index (χ0n) is 5.88. The Balaban J connectivity index is 2.14. The summed E-state index contributed by atoms with van der Waals surface area (Å²) in [6.07, 6.45) is 3.46. The van der Waals surface area contributed by atoms with E-state index in [2.05, 4.69) is 5.32 Å². The van der Waals surface area contributed by atoms with Gasteiger partial charge < -0.3 is 15.5 Å². The molecule has 0 saturated carbocycles. The second-order valence-electron chi connectivity index (χ2n) is 3.41. The van der Waals surface area contributed by atoms with Crippen LogP contribution in [0.2, 0.25) is 0 Å². The molecular formula is C7H13NO2. The Morgan fingerprint density at radius 3 is 2.70 bits per heavy atom. The number of nitrogens with one attached hydrogen (secondary N) is 1. The summed E-state index contributed by atoms with van der Waals surface area (Å²) in [5, 5.41) is 21.9. The molecule has 2 bridgehead atoms. The number of rotatable bonds is 0. The first-order valence-corrected chi connectivity index (χ1v) is 3.89. The van der Waals surface area contributed by atoms with E-state index in [0.717, 1.165) is 19.3 Å². The summed E-state index contributed by atoms with van der Waals surface area (Å²) >= 11 is 0. The number of hydrogen-bond acceptors (Lipinski definition) is 3. The average Bonchev–Trinajstić information content (AvgIpc) is 2.26. The molecule has 0 spiro atoms. The molecule has 2 saturated heterocycles. The maximum atomic E-state index is 9.35. The van der Waals surface area contributed by atoms with Crippen molar-refractivity contribution in [3.05, 3.63) is 0 Å². The third-order valence-corrected chi connectivity index (χ3v) is 2.66. The lowest BCUT2D eigenvalue weighted by atomic mass is 9.99. The van der Waals surface area contributed by atoms with Crippen molar-refractivity contribution in [3.63, 3.8) is 0 Å². The molecule has 2 rings (SSSR count). The van der Waals surface area contributed by atoms with Crippen LogP contribution in [0.15, 0.2) is 0 Å². The van der Waals surface area contributed by atoms with E-state index in [1.54, 1.807) is 0 Å². The van der Waals surface area contributed by atoms with Crippen LogP contribution in [-0.2, 0) is 0 Å².